The maximum Gasteiger partial charge on any atom is 0.276 e. The second-order valence-corrected chi connectivity index (χ2v) is 8.56. The van der Waals surface area contributed by atoms with Crippen LogP contribution in [0.3, 0.4) is 0 Å². The molecule has 0 saturated carbocycles. The second kappa shape index (κ2) is 10.2. The minimum Gasteiger partial charge on any atom is -0.296 e. The summed E-state index contributed by atoms with van der Waals surface area (Å²) in [6.45, 7) is 2.36. The molecule has 182 valence electrons. The minimum absolute atomic E-state index is 0.352. The quantitative estimate of drug-likeness (QED) is 0.426. The summed E-state index contributed by atoms with van der Waals surface area (Å²) in [5.41, 5.74) is 8.57. The van der Waals surface area contributed by atoms with E-state index in [1.165, 1.54) is 0 Å². The van der Waals surface area contributed by atoms with Crippen molar-refractivity contribution in [3.05, 3.63) is 107 Å². The van der Waals surface area contributed by atoms with Crippen molar-refractivity contribution in [1.29, 1.82) is 0 Å². The highest BCUT2D eigenvalue weighted by Crippen LogP contribution is 2.21. The monoisotopic (exact) mass is 483 g/mol. The van der Waals surface area contributed by atoms with Crippen LogP contribution in [-0.4, -0.2) is 64.7 Å². The van der Waals surface area contributed by atoms with Crippen LogP contribution < -0.4 is 10.9 Å². The Labute approximate surface area is 208 Å². The summed E-state index contributed by atoms with van der Waals surface area (Å²) in [5, 5.41) is 2.12. The molecule has 5 rings (SSSR count). The molecule has 3 aromatic carbocycles. The number of hydrazine groups is 2. The second-order valence-electron chi connectivity index (χ2n) is 8.56. The summed E-state index contributed by atoms with van der Waals surface area (Å²) >= 11 is 0. The molecule has 0 bridgehead atoms. The fourth-order valence-corrected chi connectivity index (χ4v) is 4.42. The van der Waals surface area contributed by atoms with Gasteiger partial charge in [-0.25, -0.2) is 20.9 Å². The normalized spacial score (nSPS) is 14.7. The lowest BCUT2D eigenvalue weighted by atomic mass is 10.1. The van der Waals surface area contributed by atoms with Crippen molar-refractivity contribution in [2.75, 3.05) is 26.2 Å². The Kier molecular flexibility index (Phi) is 6.68. The van der Waals surface area contributed by atoms with E-state index < -0.39 is 0 Å². The van der Waals surface area contributed by atoms with Crippen molar-refractivity contribution >= 4 is 23.6 Å². The van der Waals surface area contributed by atoms with E-state index in [9.17, 15) is 19.2 Å². The van der Waals surface area contributed by atoms with Gasteiger partial charge in [-0.1, -0.05) is 54.6 Å². The summed E-state index contributed by atoms with van der Waals surface area (Å²) in [7, 11) is 0. The van der Waals surface area contributed by atoms with Gasteiger partial charge in [0.1, 0.15) is 0 Å². The van der Waals surface area contributed by atoms with Crippen molar-refractivity contribution in [3.63, 3.8) is 0 Å². The lowest BCUT2D eigenvalue weighted by molar-refractivity contribution is 0.0558. The summed E-state index contributed by atoms with van der Waals surface area (Å²) in [4.78, 5) is 52.5. The predicted octanol–water partition coefficient (Wildman–Crippen LogP) is 2.09. The zero-order valence-electron chi connectivity index (χ0n) is 19.5. The van der Waals surface area contributed by atoms with Gasteiger partial charge in [-0.15, -0.1) is 0 Å². The number of amides is 4. The topological polar surface area (TPSA) is 102 Å². The van der Waals surface area contributed by atoms with E-state index >= 15 is 0 Å². The molecule has 0 saturated heterocycles. The molecule has 9 nitrogen and oxygen atoms in total. The highest BCUT2D eigenvalue weighted by molar-refractivity contribution is 6.21. The van der Waals surface area contributed by atoms with Crippen LogP contribution in [0.2, 0.25) is 0 Å². The van der Waals surface area contributed by atoms with E-state index in [-0.39, 0.29) is 23.6 Å². The summed E-state index contributed by atoms with van der Waals surface area (Å²) in [6.07, 6.45) is 0. The molecule has 2 N–H and O–H groups in total. The van der Waals surface area contributed by atoms with Crippen LogP contribution in [0.15, 0.2) is 78.9 Å². The molecule has 0 aromatic heterocycles. The largest absolute Gasteiger partial charge is 0.296 e. The molecule has 4 amide bonds. The first-order valence-corrected chi connectivity index (χ1v) is 11.7. The highest BCUT2D eigenvalue weighted by atomic mass is 16.2. The number of fused-ring (bicyclic) bond motifs is 2. The fourth-order valence-electron chi connectivity index (χ4n) is 4.42. The van der Waals surface area contributed by atoms with Gasteiger partial charge in [0, 0.05) is 32.7 Å². The molecule has 0 radical (unpaired) electrons. The first kappa shape index (κ1) is 23.6. The van der Waals surface area contributed by atoms with Crippen LogP contribution in [0.4, 0.5) is 0 Å². The summed E-state index contributed by atoms with van der Waals surface area (Å²) in [6, 6.07) is 23.4. The van der Waals surface area contributed by atoms with Gasteiger partial charge < -0.3 is 0 Å². The third-order valence-electron chi connectivity index (χ3n) is 6.23. The molecule has 0 fully saturated rings. The van der Waals surface area contributed by atoms with Crippen molar-refractivity contribution in [3.8, 4) is 0 Å². The number of carbonyl (C=O) groups is 4. The smallest absolute Gasteiger partial charge is 0.276 e. The number of rotatable bonds is 10. The van der Waals surface area contributed by atoms with Gasteiger partial charge >= 0.3 is 0 Å². The van der Waals surface area contributed by atoms with Crippen molar-refractivity contribution in [2.45, 2.75) is 6.54 Å². The molecule has 3 aromatic rings. The van der Waals surface area contributed by atoms with E-state index in [0.29, 0.717) is 55.0 Å². The molecule has 0 atom stereocenters. The Morgan fingerprint density at radius 3 is 1.28 bits per heavy atom. The van der Waals surface area contributed by atoms with Gasteiger partial charge in [0.2, 0.25) is 0 Å². The minimum atomic E-state index is -0.363. The molecule has 2 heterocycles. The van der Waals surface area contributed by atoms with Gasteiger partial charge in [0.15, 0.2) is 0 Å². The molecule has 36 heavy (non-hydrogen) atoms. The van der Waals surface area contributed by atoms with Gasteiger partial charge in [-0.3, -0.25) is 24.1 Å². The van der Waals surface area contributed by atoms with Crippen molar-refractivity contribution < 1.29 is 19.2 Å². The fraction of sp³-hybridized carbons (Fsp3) is 0.185. The highest BCUT2D eigenvalue weighted by Gasteiger charge is 2.36. The first-order valence-electron chi connectivity index (χ1n) is 11.7. The lowest BCUT2D eigenvalue weighted by Crippen LogP contribution is -2.48. The van der Waals surface area contributed by atoms with Gasteiger partial charge in [0.05, 0.1) is 22.3 Å². The number of benzene rings is 3. The molecule has 9 heteroatoms. The Morgan fingerprint density at radius 1 is 0.528 bits per heavy atom. The Morgan fingerprint density at radius 2 is 0.889 bits per heavy atom. The van der Waals surface area contributed by atoms with Gasteiger partial charge in [-0.05, 0) is 29.8 Å². The number of carbonyl (C=O) groups excluding carboxylic acids is 4. The number of nitrogens with one attached hydrogen (secondary N) is 2. The Balaban J connectivity index is 1.19. The molecule has 0 aliphatic carbocycles. The number of hydrogen-bond acceptors (Lipinski definition) is 7. The Bertz CT molecular complexity index is 1180. The molecule has 0 spiro atoms. The average Bonchev–Trinajstić information content (AvgIpc) is 3.30. The van der Waals surface area contributed by atoms with E-state index in [4.69, 9.17) is 0 Å². The summed E-state index contributed by atoms with van der Waals surface area (Å²) < 4.78 is 0. The number of hydrogen-bond donors (Lipinski definition) is 2. The zero-order chi connectivity index (χ0) is 25.1. The van der Waals surface area contributed by atoms with Crippen molar-refractivity contribution in [2.24, 2.45) is 0 Å². The maximum atomic E-state index is 12.6. The summed E-state index contributed by atoms with van der Waals surface area (Å²) in [5.74, 6) is -1.45. The van der Waals surface area contributed by atoms with E-state index in [1.807, 2.05) is 30.3 Å². The van der Waals surface area contributed by atoms with Gasteiger partial charge in [0.25, 0.3) is 23.6 Å². The van der Waals surface area contributed by atoms with Crippen LogP contribution in [0.25, 0.3) is 0 Å². The first-order chi connectivity index (χ1) is 17.5. The van der Waals surface area contributed by atoms with Crippen LogP contribution in [0.5, 0.6) is 0 Å². The standard InChI is InChI=1S/C27H25N5O4/c33-24-20-10-4-5-11-21(20)25(34)31(24)28-14-16-30(18-19-8-2-1-3-9-19)17-15-29-32-26(35)22-12-6-7-13-23(22)27(32)36/h1-13,28-29H,14-18H2. The Hall–Kier alpha value is -4.18. The van der Waals surface area contributed by atoms with Crippen LogP contribution in [0, 0.1) is 0 Å². The van der Waals surface area contributed by atoms with Crippen LogP contribution in [0.1, 0.15) is 47.0 Å². The van der Waals surface area contributed by atoms with E-state index in [2.05, 4.69) is 15.8 Å². The van der Waals surface area contributed by atoms with Crippen LogP contribution >= 0.6 is 0 Å². The maximum absolute atomic E-state index is 12.6. The molecule has 0 unspecified atom stereocenters. The van der Waals surface area contributed by atoms with Crippen molar-refractivity contribution in [1.82, 2.24) is 25.8 Å². The number of nitrogens with zero attached hydrogens (tertiary/aromatic N) is 3. The lowest BCUT2D eigenvalue weighted by Gasteiger charge is -2.25. The molecular formula is C27H25N5O4. The van der Waals surface area contributed by atoms with Gasteiger partial charge in [-0.2, -0.15) is 0 Å². The molecule has 2 aliphatic rings. The zero-order valence-corrected chi connectivity index (χ0v) is 19.5. The number of imide groups is 2. The van der Waals surface area contributed by atoms with E-state index in [0.717, 1.165) is 15.6 Å². The third-order valence-corrected chi connectivity index (χ3v) is 6.23. The SMILES string of the molecule is O=C1c2ccccc2C(=O)N1NCCN(CCNN1C(=O)c2ccccc2C1=O)Cc1ccccc1. The predicted molar refractivity (Wildman–Crippen MR) is 132 cm³/mol. The molecular weight excluding hydrogens is 458 g/mol. The third kappa shape index (κ3) is 4.55. The van der Waals surface area contributed by atoms with E-state index in [1.54, 1.807) is 48.5 Å². The molecule has 2 aliphatic heterocycles. The van der Waals surface area contributed by atoms with Crippen LogP contribution in [-0.2, 0) is 6.54 Å². The average molecular weight is 484 g/mol.